The number of hydrogen-bond donors (Lipinski definition) is 3. The van der Waals surface area contributed by atoms with Gasteiger partial charge in [0.1, 0.15) is 12.4 Å². The Morgan fingerprint density at radius 2 is 1.90 bits per heavy atom. The summed E-state index contributed by atoms with van der Waals surface area (Å²) in [5, 5.41) is 8.78. The third-order valence-electron chi connectivity index (χ3n) is 7.09. The summed E-state index contributed by atoms with van der Waals surface area (Å²) in [6, 6.07) is 15.1. The quantitative estimate of drug-likeness (QED) is 0.404. The molecule has 3 heterocycles. The Kier molecular flexibility index (Phi) is 6.94. The predicted octanol–water partition coefficient (Wildman–Crippen LogP) is 2.69. The molecule has 0 aliphatic carbocycles. The predicted molar refractivity (Wildman–Crippen MR) is 144 cm³/mol. The standard InChI is InChI=1S/C29H31N5O5/c1-17(2)12-25(35)34-14-24(29(16-34)27(37)32-28(38)33-29)31-26(36)19-8-10-21(11-9-19)39-15-20-13-18(3)30-23-7-5-4-6-22(20)23/h4-11,13,17,24H,12,14-16H2,1-3H3,(H,31,36)(H2,32,33,37,38). The summed E-state index contributed by atoms with van der Waals surface area (Å²) in [6.45, 7) is 6.26. The Balaban J connectivity index is 1.27. The molecule has 3 aromatic rings. The molecule has 5 rings (SSSR count). The number of nitrogens with zero attached hydrogens (tertiary/aromatic N) is 2. The SMILES string of the molecule is Cc1cc(COc2ccc(C(=O)NC3CN(C(=O)CC(C)C)CC34NC(=O)NC4=O)cc2)c2ccccc2n1. The van der Waals surface area contributed by atoms with Crippen molar-refractivity contribution in [1.82, 2.24) is 25.8 Å². The summed E-state index contributed by atoms with van der Waals surface area (Å²) >= 11 is 0. The first-order valence-corrected chi connectivity index (χ1v) is 12.9. The number of nitrogens with one attached hydrogen (secondary N) is 3. The number of urea groups is 1. The lowest BCUT2D eigenvalue weighted by Crippen LogP contribution is -2.62. The van der Waals surface area contributed by atoms with E-state index in [0.29, 0.717) is 24.3 Å². The van der Waals surface area contributed by atoms with Crippen LogP contribution in [0, 0.1) is 12.8 Å². The Hall–Kier alpha value is -4.47. The normalized spacial score (nSPS) is 20.4. The number of ether oxygens (including phenoxy) is 1. The summed E-state index contributed by atoms with van der Waals surface area (Å²) in [7, 11) is 0. The largest absolute Gasteiger partial charge is 0.489 e. The first kappa shape index (κ1) is 26.1. The van der Waals surface area contributed by atoms with Crippen LogP contribution in [0.1, 0.15) is 41.9 Å². The van der Waals surface area contributed by atoms with Crippen molar-refractivity contribution in [2.45, 2.75) is 45.4 Å². The summed E-state index contributed by atoms with van der Waals surface area (Å²) in [5.74, 6) is -0.380. The van der Waals surface area contributed by atoms with E-state index in [1.165, 1.54) is 4.90 Å². The van der Waals surface area contributed by atoms with Crippen molar-refractivity contribution in [2.24, 2.45) is 5.92 Å². The number of benzene rings is 2. The van der Waals surface area contributed by atoms with E-state index >= 15 is 0 Å². The summed E-state index contributed by atoms with van der Waals surface area (Å²) in [6.07, 6.45) is 0.308. The molecule has 10 heteroatoms. The molecule has 2 saturated heterocycles. The van der Waals surface area contributed by atoms with Gasteiger partial charge in [-0.2, -0.15) is 0 Å². The average Bonchev–Trinajstić information content (AvgIpc) is 3.40. The smallest absolute Gasteiger partial charge is 0.322 e. The molecule has 2 unspecified atom stereocenters. The zero-order valence-electron chi connectivity index (χ0n) is 22.1. The molecule has 2 aliphatic rings. The molecule has 5 amide bonds. The highest BCUT2D eigenvalue weighted by atomic mass is 16.5. The third-order valence-corrected chi connectivity index (χ3v) is 7.09. The second-order valence-corrected chi connectivity index (χ2v) is 10.5. The average molecular weight is 530 g/mol. The minimum Gasteiger partial charge on any atom is -0.489 e. The van der Waals surface area contributed by atoms with Gasteiger partial charge in [0.15, 0.2) is 5.54 Å². The van der Waals surface area contributed by atoms with Gasteiger partial charge >= 0.3 is 6.03 Å². The molecule has 2 aliphatic heterocycles. The zero-order valence-corrected chi connectivity index (χ0v) is 22.1. The van der Waals surface area contributed by atoms with Crippen LogP contribution in [0.25, 0.3) is 10.9 Å². The first-order valence-electron chi connectivity index (χ1n) is 12.9. The summed E-state index contributed by atoms with van der Waals surface area (Å²) in [5.41, 5.74) is 1.78. The number of para-hydroxylation sites is 1. The molecule has 0 saturated carbocycles. The number of hydrogen-bond acceptors (Lipinski definition) is 6. The van der Waals surface area contributed by atoms with Gasteiger partial charge in [0.05, 0.1) is 18.1 Å². The fraction of sp³-hybridized carbons (Fsp3) is 0.345. The van der Waals surface area contributed by atoms with Crippen LogP contribution in [0.4, 0.5) is 4.79 Å². The van der Waals surface area contributed by atoms with Crippen LogP contribution in [0.3, 0.4) is 0 Å². The molecule has 2 aromatic carbocycles. The van der Waals surface area contributed by atoms with E-state index in [1.54, 1.807) is 24.3 Å². The Morgan fingerprint density at radius 1 is 1.15 bits per heavy atom. The second-order valence-electron chi connectivity index (χ2n) is 10.5. The van der Waals surface area contributed by atoms with E-state index in [1.807, 2.05) is 51.1 Å². The van der Waals surface area contributed by atoms with Gasteiger partial charge in [0.2, 0.25) is 5.91 Å². The molecule has 0 bridgehead atoms. The maximum absolute atomic E-state index is 13.2. The van der Waals surface area contributed by atoms with Crippen molar-refractivity contribution in [3.8, 4) is 5.75 Å². The number of likely N-dealkylation sites (tertiary alicyclic amines) is 1. The van der Waals surface area contributed by atoms with Crippen molar-refractivity contribution in [3.63, 3.8) is 0 Å². The fourth-order valence-electron chi connectivity index (χ4n) is 5.17. The molecule has 0 radical (unpaired) electrons. The number of amides is 5. The van der Waals surface area contributed by atoms with E-state index in [9.17, 15) is 19.2 Å². The van der Waals surface area contributed by atoms with Crippen molar-refractivity contribution >= 4 is 34.7 Å². The van der Waals surface area contributed by atoms with Gasteiger partial charge < -0.3 is 20.3 Å². The highest BCUT2D eigenvalue weighted by Crippen LogP contribution is 2.27. The number of fused-ring (bicyclic) bond motifs is 1. The highest BCUT2D eigenvalue weighted by Gasteiger charge is 2.58. The minimum atomic E-state index is -1.41. The molecule has 10 nitrogen and oxygen atoms in total. The van der Waals surface area contributed by atoms with Crippen LogP contribution >= 0.6 is 0 Å². The summed E-state index contributed by atoms with van der Waals surface area (Å²) in [4.78, 5) is 56.7. The van der Waals surface area contributed by atoms with Crippen LogP contribution in [0.2, 0.25) is 0 Å². The Morgan fingerprint density at radius 3 is 2.59 bits per heavy atom. The van der Waals surface area contributed by atoms with Gasteiger partial charge in [-0.05, 0) is 49.2 Å². The number of rotatable bonds is 7. The van der Waals surface area contributed by atoms with Crippen LogP contribution in [-0.2, 0) is 16.2 Å². The van der Waals surface area contributed by atoms with E-state index in [0.717, 1.165) is 22.2 Å². The Bertz CT molecular complexity index is 1450. The van der Waals surface area contributed by atoms with Crippen molar-refractivity contribution in [1.29, 1.82) is 0 Å². The van der Waals surface area contributed by atoms with Gasteiger partial charge in [-0.1, -0.05) is 32.0 Å². The second kappa shape index (κ2) is 10.4. The van der Waals surface area contributed by atoms with Gasteiger partial charge in [0.25, 0.3) is 11.8 Å². The maximum Gasteiger partial charge on any atom is 0.322 e. The highest BCUT2D eigenvalue weighted by molar-refractivity contribution is 6.09. The molecule has 39 heavy (non-hydrogen) atoms. The molecule has 2 fully saturated rings. The zero-order chi connectivity index (χ0) is 27.7. The monoisotopic (exact) mass is 529 g/mol. The summed E-state index contributed by atoms with van der Waals surface area (Å²) < 4.78 is 5.99. The van der Waals surface area contributed by atoms with Gasteiger partial charge in [-0.15, -0.1) is 0 Å². The molecule has 3 N–H and O–H groups in total. The number of aryl methyl sites for hydroxylation is 1. The fourth-order valence-corrected chi connectivity index (χ4v) is 5.17. The van der Waals surface area contributed by atoms with Crippen LogP contribution in [0.15, 0.2) is 54.6 Å². The third kappa shape index (κ3) is 5.27. The van der Waals surface area contributed by atoms with Crippen molar-refractivity contribution in [3.05, 3.63) is 71.4 Å². The van der Waals surface area contributed by atoms with Crippen molar-refractivity contribution in [2.75, 3.05) is 13.1 Å². The number of aromatic nitrogens is 1. The lowest BCUT2D eigenvalue weighted by atomic mass is 9.93. The van der Waals surface area contributed by atoms with E-state index in [2.05, 4.69) is 20.9 Å². The Labute approximate surface area is 226 Å². The lowest BCUT2D eigenvalue weighted by Gasteiger charge is -2.27. The number of pyridine rings is 1. The molecule has 1 spiro atoms. The lowest BCUT2D eigenvalue weighted by molar-refractivity contribution is -0.131. The molecular weight excluding hydrogens is 498 g/mol. The van der Waals surface area contributed by atoms with Gasteiger partial charge in [-0.25, -0.2) is 4.79 Å². The molecule has 2 atom stereocenters. The molecule has 1 aromatic heterocycles. The van der Waals surface area contributed by atoms with Gasteiger partial charge in [0, 0.05) is 35.2 Å². The molecule has 202 valence electrons. The topological polar surface area (TPSA) is 130 Å². The minimum absolute atomic E-state index is 0.00296. The van der Waals surface area contributed by atoms with Crippen LogP contribution in [0.5, 0.6) is 5.75 Å². The number of imide groups is 1. The molecular formula is C29H31N5O5. The number of carbonyl (C=O) groups is 4. The van der Waals surface area contributed by atoms with Crippen LogP contribution < -0.4 is 20.7 Å². The van der Waals surface area contributed by atoms with E-state index in [-0.39, 0.29) is 24.9 Å². The van der Waals surface area contributed by atoms with Crippen LogP contribution in [-0.4, -0.2) is 58.3 Å². The maximum atomic E-state index is 13.2. The first-order chi connectivity index (χ1) is 18.6. The van der Waals surface area contributed by atoms with E-state index < -0.39 is 29.4 Å². The van der Waals surface area contributed by atoms with Crippen molar-refractivity contribution < 1.29 is 23.9 Å². The number of carbonyl (C=O) groups excluding carboxylic acids is 4. The van der Waals surface area contributed by atoms with E-state index in [4.69, 9.17) is 4.74 Å². The van der Waals surface area contributed by atoms with Gasteiger partial charge in [-0.3, -0.25) is 24.7 Å².